The van der Waals surface area contributed by atoms with Crippen LogP contribution < -0.4 is 24.4 Å². The molecule has 0 radical (unpaired) electrons. The van der Waals surface area contributed by atoms with Gasteiger partial charge in [0.05, 0.1) is 36.1 Å². The van der Waals surface area contributed by atoms with Crippen LogP contribution in [0.15, 0.2) is 55.8 Å². The summed E-state index contributed by atoms with van der Waals surface area (Å²) in [5, 5.41) is 0. The van der Waals surface area contributed by atoms with Gasteiger partial charge in [-0.3, -0.25) is 9.36 Å². The monoisotopic (exact) mass is 482 g/mol. The summed E-state index contributed by atoms with van der Waals surface area (Å²) in [5.74, 6) is 1.84. The molecule has 1 aromatic carbocycles. The molecule has 0 saturated heterocycles. The first-order valence-electron chi connectivity index (χ1n) is 10.8. The number of carbonyl (C=O) groups excluding carboxylic acids is 1. The van der Waals surface area contributed by atoms with Crippen molar-refractivity contribution in [2.75, 3.05) is 14.2 Å². The molecular weight excluding hydrogens is 456 g/mol. The number of hydrogen-bond donors (Lipinski definition) is 0. The SMILES string of the molecule is COc1ccc(OC)c([C@H]2C(C(=O)OC(C)C)=C(C)N=c3s/c(=C\c4ccc(C)o4)c(=O)n32)c1. The Kier molecular flexibility index (Phi) is 6.47. The fraction of sp³-hybridized carbons (Fsp3) is 0.320. The number of benzene rings is 1. The van der Waals surface area contributed by atoms with Crippen molar-refractivity contribution in [1.29, 1.82) is 0 Å². The van der Waals surface area contributed by atoms with Gasteiger partial charge in [-0.25, -0.2) is 9.79 Å². The van der Waals surface area contributed by atoms with Gasteiger partial charge >= 0.3 is 5.97 Å². The largest absolute Gasteiger partial charge is 0.497 e. The van der Waals surface area contributed by atoms with Crippen LogP contribution in [0.5, 0.6) is 11.5 Å². The first-order chi connectivity index (χ1) is 16.2. The Morgan fingerprint density at radius 1 is 1.18 bits per heavy atom. The smallest absolute Gasteiger partial charge is 0.338 e. The number of hydrogen-bond acceptors (Lipinski definition) is 8. The zero-order valence-corrected chi connectivity index (χ0v) is 20.7. The molecule has 0 fully saturated rings. The van der Waals surface area contributed by atoms with Crippen molar-refractivity contribution in [2.45, 2.75) is 39.8 Å². The Morgan fingerprint density at radius 3 is 2.56 bits per heavy atom. The molecule has 0 aliphatic carbocycles. The van der Waals surface area contributed by atoms with Crippen molar-refractivity contribution in [2.24, 2.45) is 4.99 Å². The summed E-state index contributed by atoms with van der Waals surface area (Å²) in [7, 11) is 3.09. The van der Waals surface area contributed by atoms with Crippen LogP contribution in [0.2, 0.25) is 0 Å². The summed E-state index contributed by atoms with van der Waals surface area (Å²) in [4.78, 5) is 31.9. The summed E-state index contributed by atoms with van der Waals surface area (Å²) >= 11 is 1.23. The van der Waals surface area contributed by atoms with E-state index in [1.54, 1.807) is 58.2 Å². The molecule has 0 spiro atoms. The van der Waals surface area contributed by atoms with Crippen molar-refractivity contribution < 1.29 is 23.4 Å². The number of nitrogens with zero attached hydrogens (tertiary/aromatic N) is 2. The van der Waals surface area contributed by atoms with Crippen LogP contribution in [0.4, 0.5) is 0 Å². The molecule has 1 aliphatic heterocycles. The van der Waals surface area contributed by atoms with Crippen LogP contribution in [-0.4, -0.2) is 30.9 Å². The Bertz CT molecular complexity index is 1460. The van der Waals surface area contributed by atoms with E-state index >= 15 is 0 Å². The van der Waals surface area contributed by atoms with E-state index in [1.165, 1.54) is 23.0 Å². The fourth-order valence-corrected chi connectivity index (χ4v) is 4.89. The molecule has 0 saturated carbocycles. The maximum absolute atomic E-state index is 13.7. The topological polar surface area (TPSA) is 92.3 Å². The molecule has 1 aliphatic rings. The molecule has 1 atom stereocenters. The lowest BCUT2D eigenvalue weighted by molar-refractivity contribution is -0.143. The minimum Gasteiger partial charge on any atom is -0.497 e. The van der Waals surface area contributed by atoms with E-state index in [4.69, 9.17) is 18.6 Å². The van der Waals surface area contributed by atoms with E-state index in [-0.39, 0.29) is 17.2 Å². The van der Waals surface area contributed by atoms with Crippen LogP contribution in [0.3, 0.4) is 0 Å². The molecule has 8 nitrogen and oxygen atoms in total. The number of aryl methyl sites for hydroxylation is 1. The molecule has 0 N–H and O–H groups in total. The van der Waals surface area contributed by atoms with Gasteiger partial charge in [-0.15, -0.1) is 0 Å². The Hall–Kier alpha value is -3.59. The Morgan fingerprint density at radius 2 is 1.94 bits per heavy atom. The van der Waals surface area contributed by atoms with Gasteiger partial charge in [-0.05, 0) is 58.0 Å². The minimum atomic E-state index is -0.812. The Labute approximate surface area is 200 Å². The second-order valence-corrected chi connectivity index (χ2v) is 9.10. The fourth-order valence-electron chi connectivity index (χ4n) is 3.87. The van der Waals surface area contributed by atoms with Gasteiger partial charge in [-0.1, -0.05) is 11.3 Å². The number of esters is 1. The quantitative estimate of drug-likeness (QED) is 0.502. The average molecular weight is 483 g/mol. The second-order valence-electron chi connectivity index (χ2n) is 8.09. The van der Waals surface area contributed by atoms with Crippen LogP contribution in [0.1, 0.15) is 43.9 Å². The summed E-state index contributed by atoms with van der Waals surface area (Å²) in [5.41, 5.74) is 1.04. The van der Waals surface area contributed by atoms with E-state index in [2.05, 4.69) is 4.99 Å². The molecule has 4 rings (SSSR count). The van der Waals surface area contributed by atoms with E-state index in [9.17, 15) is 9.59 Å². The second kappa shape index (κ2) is 9.34. The number of fused-ring (bicyclic) bond motifs is 1. The van der Waals surface area contributed by atoms with Crippen molar-refractivity contribution in [3.05, 3.63) is 78.4 Å². The molecule has 0 amide bonds. The van der Waals surface area contributed by atoms with E-state index in [0.717, 1.165) is 5.76 Å². The number of aromatic nitrogens is 1. The zero-order valence-electron chi connectivity index (χ0n) is 19.9. The predicted octanol–water partition coefficient (Wildman–Crippen LogP) is 3.11. The van der Waals surface area contributed by atoms with E-state index < -0.39 is 12.0 Å². The maximum Gasteiger partial charge on any atom is 0.338 e. The number of methoxy groups -OCH3 is 2. The van der Waals surface area contributed by atoms with Crippen molar-refractivity contribution in [1.82, 2.24) is 4.57 Å². The lowest BCUT2D eigenvalue weighted by atomic mass is 9.94. The molecule has 9 heteroatoms. The number of furan rings is 1. The summed E-state index contributed by atoms with van der Waals surface area (Å²) < 4.78 is 24.1. The zero-order chi connectivity index (χ0) is 24.6. The lowest BCUT2D eigenvalue weighted by Crippen LogP contribution is -2.40. The third-order valence-electron chi connectivity index (χ3n) is 5.35. The standard InChI is InChI=1S/C25H26N2O6S/c1-13(2)32-24(29)21-15(4)26-25-27(22(21)18-11-16(30-5)9-10-19(18)31-6)23(28)20(34-25)12-17-8-7-14(3)33-17/h7-13,22H,1-6H3/b20-12-/t22-/m0/s1. The molecule has 0 bridgehead atoms. The summed E-state index contributed by atoms with van der Waals surface area (Å²) in [6, 6.07) is 8.08. The van der Waals surface area contributed by atoms with Gasteiger partial charge in [0.15, 0.2) is 4.80 Å². The molecule has 3 aromatic rings. The Balaban J connectivity index is 2.01. The first kappa shape index (κ1) is 23.6. The maximum atomic E-state index is 13.7. The molecule has 2 aromatic heterocycles. The van der Waals surface area contributed by atoms with Gasteiger partial charge in [-0.2, -0.15) is 0 Å². The highest BCUT2D eigenvalue weighted by molar-refractivity contribution is 7.07. The van der Waals surface area contributed by atoms with Gasteiger partial charge in [0.2, 0.25) is 0 Å². The molecule has 0 unspecified atom stereocenters. The number of rotatable bonds is 6. The number of carbonyl (C=O) groups is 1. The molecule has 34 heavy (non-hydrogen) atoms. The summed E-state index contributed by atoms with van der Waals surface area (Å²) in [6.45, 7) is 7.12. The van der Waals surface area contributed by atoms with Crippen LogP contribution in [0, 0.1) is 6.92 Å². The number of thiazole rings is 1. The van der Waals surface area contributed by atoms with Gasteiger partial charge in [0.1, 0.15) is 29.1 Å². The highest BCUT2D eigenvalue weighted by atomic mass is 32.1. The molecular formula is C25H26N2O6S. The highest BCUT2D eigenvalue weighted by Gasteiger charge is 2.35. The van der Waals surface area contributed by atoms with Crippen LogP contribution in [0.25, 0.3) is 6.08 Å². The first-order valence-corrected chi connectivity index (χ1v) is 11.6. The van der Waals surface area contributed by atoms with Gasteiger partial charge in [0.25, 0.3) is 5.56 Å². The predicted molar refractivity (Wildman–Crippen MR) is 128 cm³/mol. The molecule has 178 valence electrons. The number of ether oxygens (including phenoxy) is 3. The third-order valence-corrected chi connectivity index (χ3v) is 6.33. The van der Waals surface area contributed by atoms with Crippen molar-refractivity contribution in [3.8, 4) is 11.5 Å². The lowest BCUT2D eigenvalue weighted by Gasteiger charge is -2.26. The minimum absolute atomic E-state index is 0.271. The normalized spacial score (nSPS) is 15.9. The molecule has 3 heterocycles. The summed E-state index contributed by atoms with van der Waals surface area (Å²) in [6.07, 6.45) is 1.34. The van der Waals surface area contributed by atoms with E-state index in [0.29, 0.717) is 37.9 Å². The third kappa shape index (κ3) is 4.31. The van der Waals surface area contributed by atoms with Crippen molar-refractivity contribution in [3.63, 3.8) is 0 Å². The average Bonchev–Trinajstić information content (AvgIpc) is 3.34. The van der Waals surface area contributed by atoms with Crippen LogP contribution in [-0.2, 0) is 9.53 Å². The number of allylic oxidation sites excluding steroid dienone is 1. The van der Waals surface area contributed by atoms with Crippen LogP contribution >= 0.6 is 11.3 Å². The highest BCUT2D eigenvalue weighted by Crippen LogP contribution is 2.38. The van der Waals surface area contributed by atoms with E-state index in [1.807, 2.05) is 13.0 Å². The van der Waals surface area contributed by atoms with Crippen molar-refractivity contribution >= 4 is 23.4 Å². The van der Waals surface area contributed by atoms with Gasteiger partial charge < -0.3 is 18.6 Å². The van der Waals surface area contributed by atoms with Gasteiger partial charge in [0, 0.05) is 11.6 Å².